The molecule has 82 valence electrons. The highest BCUT2D eigenvalue weighted by Gasteiger charge is 2.18. The normalized spacial score (nSPS) is 11.5. The van der Waals surface area contributed by atoms with E-state index in [0.717, 1.165) is 19.2 Å². The molecule has 0 aliphatic carbocycles. The molecular formula is C9H8F2O3S. The molecule has 0 saturated carbocycles. The number of hydrogen-bond donors (Lipinski definition) is 0. The maximum absolute atomic E-state index is 13.0. The summed E-state index contributed by atoms with van der Waals surface area (Å²) in [5.41, 5.74) is -0.560. The molecule has 0 unspecified atom stereocenters. The van der Waals surface area contributed by atoms with Gasteiger partial charge in [0.1, 0.15) is 0 Å². The van der Waals surface area contributed by atoms with Crippen LogP contribution in [0.15, 0.2) is 17.0 Å². The van der Waals surface area contributed by atoms with E-state index in [0.29, 0.717) is 6.07 Å². The van der Waals surface area contributed by atoms with Gasteiger partial charge in [0.05, 0.1) is 10.5 Å². The van der Waals surface area contributed by atoms with Crippen molar-refractivity contribution in [2.45, 2.75) is 11.8 Å². The number of sulfone groups is 1. The van der Waals surface area contributed by atoms with Gasteiger partial charge in [-0.15, -0.1) is 0 Å². The van der Waals surface area contributed by atoms with E-state index in [4.69, 9.17) is 0 Å². The highest BCUT2D eigenvalue weighted by Crippen LogP contribution is 2.19. The number of halogens is 2. The zero-order valence-corrected chi connectivity index (χ0v) is 8.86. The van der Waals surface area contributed by atoms with E-state index in [1.807, 2.05) is 0 Å². The van der Waals surface area contributed by atoms with Crippen LogP contribution in [0.1, 0.15) is 17.3 Å². The molecule has 0 heterocycles. The fourth-order valence-corrected chi connectivity index (χ4v) is 1.68. The Hall–Kier alpha value is -1.30. The molecule has 6 heteroatoms. The second-order valence-corrected chi connectivity index (χ2v) is 5.11. The molecule has 3 nitrogen and oxygen atoms in total. The van der Waals surface area contributed by atoms with E-state index >= 15 is 0 Å². The second kappa shape index (κ2) is 3.69. The molecule has 1 rings (SSSR count). The Balaban J connectivity index is 3.57. The summed E-state index contributed by atoms with van der Waals surface area (Å²) in [4.78, 5) is 10.5. The molecule has 15 heavy (non-hydrogen) atoms. The molecule has 0 aliphatic heterocycles. The van der Waals surface area contributed by atoms with Crippen molar-refractivity contribution >= 4 is 15.6 Å². The minimum atomic E-state index is -3.66. The Kier molecular flexibility index (Phi) is 2.90. The zero-order chi connectivity index (χ0) is 11.8. The van der Waals surface area contributed by atoms with Crippen molar-refractivity contribution in [2.75, 3.05) is 6.26 Å². The summed E-state index contributed by atoms with van der Waals surface area (Å²) in [6, 6.07) is 1.38. The summed E-state index contributed by atoms with van der Waals surface area (Å²) in [5, 5.41) is 0. The Bertz CT molecular complexity index is 520. The standard InChI is InChI=1S/C9H8F2O3S/c1-5(12)7-3-6(15(2,13)14)4-8(10)9(7)11/h3-4H,1-2H3. The first-order valence-corrected chi connectivity index (χ1v) is 5.82. The van der Waals surface area contributed by atoms with Crippen molar-refractivity contribution in [1.29, 1.82) is 0 Å². The van der Waals surface area contributed by atoms with Crippen LogP contribution in [0, 0.1) is 11.6 Å². The average Bonchev–Trinajstić information content (AvgIpc) is 2.06. The van der Waals surface area contributed by atoms with Gasteiger partial charge in [0.15, 0.2) is 27.3 Å². The van der Waals surface area contributed by atoms with Gasteiger partial charge in [-0.25, -0.2) is 17.2 Å². The fraction of sp³-hybridized carbons (Fsp3) is 0.222. The molecule has 1 aromatic rings. The first-order valence-electron chi connectivity index (χ1n) is 3.93. The van der Waals surface area contributed by atoms with E-state index in [1.54, 1.807) is 0 Å². The van der Waals surface area contributed by atoms with Crippen LogP contribution >= 0.6 is 0 Å². The van der Waals surface area contributed by atoms with Gasteiger partial charge in [-0.1, -0.05) is 0 Å². The maximum Gasteiger partial charge on any atom is 0.175 e. The van der Waals surface area contributed by atoms with Gasteiger partial charge in [0.25, 0.3) is 0 Å². The fourth-order valence-electron chi connectivity index (χ4n) is 1.03. The van der Waals surface area contributed by atoms with E-state index in [2.05, 4.69) is 0 Å². The topological polar surface area (TPSA) is 51.2 Å². The van der Waals surface area contributed by atoms with E-state index in [1.165, 1.54) is 0 Å². The molecule has 0 fully saturated rings. The molecule has 0 N–H and O–H groups in total. The monoisotopic (exact) mass is 234 g/mol. The van der Waals surface area contributed by atoms with E-state index in [-0.39, 0.29) is 0 Å². The minimum Gasteiger partial charge on any atom is -0.294 e. The number of hydrogen-bond acceptors (Lipinski definition) is 3. The van der Waals surface area contributed by atoms with Crippen molar-refractivity contribution < 1.29 is 22.0 Å². The third kappa shape index (κ3) is 2.38. The van der Waals surface area contributed by atoms with Crippen LogP contribution in [0.3, 0.4) is 0 Å². The molecular weight excluding hydrogens is 226 g/mol. The molecule has 0 amide bonds. The molecule has 0 bridgehead atoms. The maximum atomic E-state index is 13.0. The SMILES string of the molecule is CC(=O)c1cc(S(C)(=O)=O)cc(F)c1F. The molecule has 0 atom stereocenters. The summed E-state index contributed by atoms with van der Waals surface area (Å²) in [6.07, 6.45) is 0.851. The largest absolute Gasteiger partial charge is 0.294 e. The van der Waals surface area contributed by atoms with E-state index in [9.17, 15) is 22.0 Å². The highest BCUT2D eigenvalue weighted by atomic mass is 32.2. The lowest BCUT2D eigenvalue weighted by Crippen LogP contribution is -2.05. The summed E-state index contributed by atoms with van der Waals surface area (Å²) in [5.74, 6) is -3.39. The van der Waals surface area contributed by atoms with Crippen molar-refractivity contribution in [1.82, 2.24) is 0 Å². The van der Waals surface area contributed by atoms with Gasteiger partial charge in [0, 0.05) is 6.26 Å². The number of carbonyl (C=O) groups is 1. The van der Waals surface area contributed by atoms with Crippen molar-refractivity contribution in [3.05, 3.63) is 29.3 Å². The average molecular weight is 234 g/mol. The first-order chi connectivity index (χ1) is 6.73. The predicted octanol–water partition coefficient (Wildman–Crippen LogP) is 1.57. The first kappa shape index (κ1) is 11.8. The summed E-state index contributed by atoms with van der Waals surface area (Å²) in [6.45, 7) is 1.03. The molecule has 0 aliphatic rings. The molecule has 0 radical (unpaired) electrons. The minimum absolute atomic E-state index is 0.411. The van der Waals surface area contributed by atoms with Gasteiger partial charge in [0.2, 0.25) is 0 Å². The quantitative estimate of drug-likeness (QED) is 0.576. The third-order valence-corrected chi connectivity index (χ3v) is 2.90. The van der Waals surface area contributed by atoms with Crippen LogP contribution in [0.5, 0.6) is 0 Å². The van der Waals surface area contributed by atoms with Crippen molar-refractivity contribution in [3.63, 3.8) is 0 Å². The molecule has 1 aromatic carbocycles. The summed E-state index contributed by atoms with van der Waals surface area (Å²) >= 11 is 0. The molecule has 0 saturated heterocycles. The highest BCUT2D eigenvalue weighted by molar-refractivity contribution is 7.90. The second-order valence-electron chi connectivity index (χ2n) is 3.09. The van der Waals surface area contributed by atoms with Gasteiger partial charge >= 0.3 is 0 Å². The van der Waals surface area contributed by atoms with Crippen LogP contribution in [-0.2, 0) is 9.84 Å². The van der Waals surface area contributed by atoms with Gasteiger partial charge in [-0.3, -0.25) is 4.79 Å². The summed E-state index contributed by atoms with van der Waals surface area (Å²) < 4.78 is 48.1. The van der Waals surface area contributed by atoms with Crippen LogP contribution in [-0.4, -0.2) is 20.5 Å². The van der Waals surface area contributed by atoms with Crippen LogP contribution in [0.25, 0.3) is 0 Å². The Labute approximate surface area is 85.6 Å². The van der Waals surface area contributed by atoms with Crippen molar-refractivity contribution in [3.8, 4) is 0 Å². The zero-order valence-electron chi connectivity index (χ0n) is 8.04. The Morgan fingerprint density at radius 1 is 1.27 bits per heavy atom. The molecule has 0 spiro atoms. The lowest BCUT2D eigenvalue weighted by atomic mass is 10.1. The Morgan fingerprint density at radius 3 is 2.20 bits per heavy atom. The van der Waals surface area contributed by atoms with Gasteiger partial charge < -0.3 is 0 Å². The van der Waals surface area contributed by atoms with Crippen LogP contribution in [0.4, 0.5) is 8.78 Å². The lowest BCUT2D eigenvalue weighted by molar-refractivity contribution is 0.101. The number of rotatable bonds is 2. The number of carbonyl (C=O) groups excluding carboxylic acids is 1. The third-order valence-electron chi connectivity index (χ3n) is 1.81. The van der Waals surface area contributed by atoms with Crippen LogP contribution in [0.2, 0.25) is 0 Å². The molecule has 0 aromatic heterocycles. The number of benzene rings is 1. The Morgan fingerprint density at radius 2 is 1.80 bits per heavy atom. The van der Waals surface area contributed by atoms with Gasteiger partial charge in [-0.2, -0.15) is 0 Å². The van der Waals surface area contributed by atoms with E-state index < -0.39 is 37.7 Å². The smallest absolute Gasteiger partial charge is 0.175 e. The van der Waals surface area contributed by atoms with Gasteiger partial charge in [-0.05, 0) is 19.1 Å². The lowest BCUT2D eigenvalue weighted by Gasteiger charge is -2.03. The number of ketones is 1. The predicted molar refractivity (Wildman–Crippen MR) is 49.5 cm³/mol. The summed E-state index contributed by atoms with van der Waals surface area (Å²) in [7, 11) is -3.66. The van der Waals surface area contributed by atoms with Crippen molar-refractivity contribution in [2.24, 2.45) is 0 Å². The van der Waals surface area contributed by atoms with Crippen LogP contribution < -0.4 is 0 Å². The number of Topliss-reactive ketones (excluding diaryl/α,β-unsaturated/α-hetero) is 1.